The molecule has 0 radical (unpaired) electrons. The molecule has 0 spiro atoms. The van der Waals surface area contributed by atoms with E-state index < -0.39 is 6.04 Å². The summed E-state index contributed by atoms with van der Waals surface area (Å²) in [6.07, 6.45) is 4.48. The van der Waals surface area contributed by atoms with Crippen molar-refractivity contribution in [2.45, 2.75) is 65.8 Å². The Kier molecular flexibility index (Phi) is 9.25. The Hall–Kier alpha value is -2.28. The lowest BCUT2D eigenvalue weighted by Gasteiger charge is -2.25. The van der Waals surface area contributed by atoms with Gasteiger partial charge in [0.25, 0.3) is 0 Å². The van der Waals surface area contributed by atoms with Crippen molar-refractivity contribution in [3.8, 4) is 10.6 Å². The van der Waals surface area contributed by atoms with Crippen LogP contribution in [-0.4, -0.2) is 28.1 Å². The third kappa shape index (κ3) is 6.63. The fourth-order valence-corrected chi connectivity index (χ4v) is 3.85. The van der Waals surface area contributed by atoms with Gasteiger partial charge in [0.1, 0.15) is 11.0 Å². The highest BCUT2D eigenvalue weighted by atomic mass is 32.1. The number of carbonyl (C=O) groups excluding carboxylic acids is 2. The van der Waals surface area contributed by atoms with Crippen molar-refractivity contribution in [3.05, 3.63) is 30.3 Å². The Balaban J connectivity index is 2.07. The lowest BCUT2D eigenvalue weighted by atomic mass is 9.94. The maximum Gasteiger partial charge on any atom is 0.249 e. The maximum absolute atomic E-state index is 12.9. The molecule has 0 aliphatic rings. The number of carbonyl (C=O) groups is 2. The summed E-state index contributed by atoms with van der Waals surface area (Å²) in [5.41, 5.74) is 0.957. The minimum Gasteiger partial charge on any atom is -0.344 e. The summed E-state index contributed by atoms with van der Waals surface area (Å²) in [5, 5.41) is 15.3. The minimum absolute atomic E-state index is 0.0177. The monoisotopic (exact) mass is 416 g/mol. The van der Waals surface area contributed by atoms with Crippen molar-refractivity contribution >= 4 is 28.3 Å². The van der Waals surface area contributed by atoms with Crippen LogP contribution in [0, 0.1) is 11.8 Å². The van der Waals surface area contributed by atoms with Gasteiger partial charge in [-0.05, 0) is 18.8 Å². The Morgan fingerprint density at radius 1 is 1.03 bits per heavy atom. The van der Waals surface area contributed by atoms with Crippen molar-refractivity contribution < 1.29 is 9.59 Å². The van der Waals surface area contributed by atoms with E-state index in [1.165, 1.54) is 11.3 Å². The van der Waals surface area contributed by atoms with Gasteiger partial charge in [-0.2, -0.15) is 0 Å². The molecule has 1 heterocycles. The summed E-state index contributed by atoms with van der Waals surface area (Å²) in [6, 6.07) is 9.13. The zero-order chi connectivity index (χ0) is 21.2. The normalized spacial score (nSPS) is 14.1. The first-order valence-corrected chi connectivity index (χ1v) is 11.3. The lowest BCUT2D eigenvalue weighted by Crippen LogP contribution is -2.49. The highest BCUT2D eigenvalue weighted by Gasteiger charge is 2.29. The summed E-state index contributed by atoms with van der Waals surface area (Å²) < 4.78 is 0. The number of hydrogen-bond donors (Lipinski definition) is 2. The van der Waals surface area contributed by atoms with E-state index in [1.54, 1.807) is 0 Å². The number of anilines is 1. The molecule has 0 bridgehead atoms. The van der Waals surface area contributed by atoms with Gasteiger partial charge < -0.3 is 5.32 Å². The summed E-state index contributed by atoms with van der Waals surface area (Å²) in [5.74, 6) is -0.317. The van der Waals surface area contributed by atoms with Gasteiger partial charge >= 0.3 is 0 Å². The van der Waals surface area contributed by atoms with Gasteiger partial charge in [0.05, 0.1) is 0 Å². The molecule has 2 rings (SSSR count). The Labute approximate surface area is 177 Å². The van der Waals surface area contributed by atoms with E-state index >= 15 is 0 Å². The van der Waals surface area contributed by atoms with Gasteiger partial charge in [0, 0.05) is 11.5 Å². The van der Waals surface area contributed by atoms with Crippen molar-refractivity contribution in [2.75, 3.05) is 5.32 Å². The first-order valence-electron chi connectivity index (χ1n) is 10.5. The zero-order valence-electron chi connectivity index (χ0n) is 17.8. The van der Waals surface area contributed by atoms with Crippen LogP contribution in [0.2, 0.25) is 0 Å². The summed E-state index contributed by atoms with van der Waals surface area (Å²) >= 11 is 1.32. The highest BCUT2D eigenvalue weighted by Crippen LogP contribution is 2.26. The van der Waals surface area contributed by atoms with E-state index in [0.29, 0.717) is 5.13 Å². The predicted molar refractivity (Wildman–Crippen MR) is 119 cm³/mol. The maximum atomic E-state index is 12.9. The number of nitrogens with zero attached hydrogens (tertiary/aromatic N) is 2. The minimum atomic E-state index is -0.591. The summed E-state index contributed by atoms with van der Waals surface area (Å²) in [6.45, 7) is 8.13. The number of rotatable bonds is 11. The second-order valence-corrected chi connectivity index (χ2v) is 8.36. The Morgan fingerprint density at radius 2 is 1.76 bits per heavy atom. The molecular weight excluding hydrogens is 384 g/mol. The van der Waals surface area contributed by atoms with Crippen molar-refractivity contribution in [1.82, 2.24) is 15.5 Å². The zero-order valence-corrected chi connectivity index (χ0v) is 18.6. The first-order chi connectivity index (χ1) is 14.0. The van der Waals surface area contributed by atoms with Crippen LogP contribution < -0.4 is 10.6 Å². The average Bonchev–Trinajstić information content (AvgIpc) is 3.21. The molecule has 29 heavy (non-hydrogen) atoms. The Bertz CT molecular complexity index is 778. The van der Waals surface area contributed by atoms with Crippen LogP contribution in [0.15, 0.2) is 30.3 Å². The van der Waals surface area contributed by atoms with Crippen LogP contribution in [-0.2, 0) is 9.59 Å². The SMILES string of the molecule is CCCC[C@H](CC)C(=O)N[C@@H](C(=O)Nc1nnc(-c2ccccc2)s1)[C@@H](C)CC. The Morgan fingerprint density at radius 3 is 2.38 bits per heavy atom. The van der Waals surface area contributed by atoms with Gasteiger partial charge in [0.2, 0.25) is 16.9 Å². The molecule has 0 unspecified atom stereocenters. The first kappa shape index (κ1) is 23.0. The van der Waals surface area contributed by atoms with Crippen LogP contribution in [0.4, 0.5) is 5.13 Å². The van der Waals surface area contributed by atoms with Crippen LogP contribution in [0.3, 0.4) is 0 Å². The molecule has 1 aromatic carbocycles. The fourth-order valence-electron chi connectivity index (χ4n) is 3.10. The van der Waals surface area contributed by atoms with E-state index in [9.17, 15) is 9.59 Å². The molecule has 2 N–H and O–H groups in total. The molecule has 0 saturated heterocycles. The van der Waals surface area contributed by atoms with E-state index in [2.05, 4.69) is 27.8 Å². The third-order valence-electron chi connectivity index (χ3n) is 5.24. The third-order valence-corrected chi connectivity index (χ3v) is 6.13. The number of benzene rings is 1. The molecule has 0 fully saturated rings. The molecule has 1 aromatic heterocycles. The number of amides is 2. The van der Waals surface area contributed by atoms with E-state index in [1.807, 2.05) is 51.1 Å². The van der Waals surface area contributed by atoms with E-state index in [0.717, 1.165) is 42.7 Å². The van der Waals surface area contributed by atoms with Crippen molar-refractivity contribution in [2.24, 2.45) is 11.8 Å². The quantitative estimate of drug-likeness (QED) is 0.546. The van der Waals surface area contributed by atoms with Gasteiger partial charge in [-0.15, -0.1) is 10.2 Å². The lowest BCUT2D eigenvalue weighted by molar-refractivity contribution is -0.130. The molecule has 6 nitrogen and oxygen atoms in total. The smallest absolute Gasteiger partial charge is 0.249 e. The number of nitrogens with one attached hydrogen (secondary N) is 2. The van der Waals surface area contributed by atoms with Gasteiger partial charge in [-0.1, -0.05) is 88.6 Å². The molecule has 158 valence electrons. The van der Waals surface area contributed by atoms with Crippen LogP contribution in [0.5, 0.6) is 0 Å². The standard InChI is InChI=1S/C22H32N4O2S/c1-5-8-12-16(7-3)19(27)23-18(15(4)6-2)20(28)24-22-26-25-21(29-22)17-13-10-9-11-14-17/h9-11,13-16,18H,5-8,12H2,1-4H3,(H,23,27)(H,24,26,28)/t15-,16-,18+/m0/s1. The molecule has 2 amide bonds. The second kappa shape index (κ2) is 11.7. The molecule has 0 saturated carbocycles. The number of unbranched alkanes of at least 4 members (excludes halogenated alkanes) is 1. The van der Waals surface area contributed by atoms with Crippen LogP contribution in [0.1, 0.15) is 59.8 Å². The summed E-state index contributed by atoms with van der Waals surface area (Å²) in [7, 11) is 0. The second-order valence-electron chi connectivity index (χ2n) is 7.39. The topological polar surface area (TPSA) is 84.0 Å². The highest BCUT2D eigenvalue weighted by molar-refractivity contribution is 7.18. The fraction of sp³-hybridized carbons (Fsp3) is 0.545. The van der Waals surface area contributed by atoms with Crippen molar-refractivity contribution in [3.63, 3.8) is 0 Å². The van der Waals surface area contributed by atoms with Gasteiger partial charge in [0.15, 0.2) is 0 Å². The molecule has 0 aliphatic carbocycles. The average molecular weight is 417 g/mol. The van der Waals surface area contributed by atoms with E-state index in [-0.39, 0.29) is 23.7 Å². The summed E-state index contributed by atoms with van der Waals surface area (Å²) in [4.78, 5) is 25.7. The predicted octanol–water partition coefficient (Wildman–Crippen LogP) is 4.89. The number of aromatic nitrogens is 2. The molecule has 3 atom stereocenters. The molecular formula is C22H32N4O2S. The number of hydrogen-bond acceptors (Lipinski definition) is 5. The van der Waals surface area contributed by atoms with Gasteiger partial charge in [-0.25, -0.2) is 0 Å². The van der Waals surface area contributed by atoms with Crippen LogP contribution >= 0.6 is 11.3 Å². The molecule has 7 heteroatoms. The van der Waals surface area contributed by atoms with Gasteiger partial charge in [-0.3, -0.25) is 14.9 Å². The molecule has 2 aromatic rings. The molecule has 0 aliphatic heterocycles. The van der Waals surface area contributed by atoms with E-state index in [4.69, 9.17) is 0 Å². The van der Waals surface area contributed by atoms with Crippen molar-refractivity contribution in [1.29, 1.82) is 0 Å². The largest absolute Gasteiger partial charge is 0.344 e. The van der Waals surface area contributed by atoms with Crippen LogP contribution in [0.25, 0.3) is 10.6 Å².